The monoisotopic (exact) mass is 363 g/mol. The fourth-order valence-electron chi connectivity index (χ4n) is 2.27. The summed E-state index contributed by atoms with van der Waals surface area (Å²) in [6.07, 6.45) is 1.67. The van der Waals surface area contributed by atoms with E-state index in [1.54, 1.807) is 11.0 Å². The van der Waals surface area contributed by atoms with Crippen LogP contribution in [0.5, 0.6) is 0 Å². The molecule has 1 aromatic rings. The number of piperidine rings is 1. The van der Waals surface area contributed by atoms with Gasteiger partial charge >= 0.3 is 0 Å². The molecule has 0 atom stereocenters. The average molecular weight is 365 g/mol. The van der Waals surface area contributed by atoms with Gasteiger partial charge in [0.1, 0.15) is 5.82 Å². The van der Waals surface area contributed by atoms with Crippen molar-refractivity contribution in [2.75, 3.05) is 25.6 Å². The predicted octanol–water partition coefficient (Wildman–Crippen LogP) is 3.45. The largest absolute Gasteiger partial charge is 0.377 e. The molecule has 1 heterocycles. The Balaban J connectivity index is 1.96. The summed E-state index contributed by atoms with van der Waals surface area (Å²) in [5, 5.41) is 0. The van der Waals surface area contributed by atoms with E-state index < -0.39 is 5.82 Å². The Bertz CT molecular complexity index is 478. The standard InChI is InChI=1S/C14H16BrClFNO2/c15-10-1-2-13(17)12(9-10)14(19)18-6-3-11(4-7-18)20-8-5-16/h1-2,9,11H,3-8H2. The Kier molecular flexibility index (Phi) is 5.81. The van der Waals surface area contributed by atoms with Gasteiger partial charge in [0, 0.05) is 23.4 Å². The molecule has 0 spiro atoms. The van der Waals surface area contributed by atoms with Gasteiger partial charge in [0.25, 0.3) is 5.91 Å². The molecule has 0 aromatic heterocycles. The van der Waals surface area contributed by atoms with Crippen LogP contribution in [-0.4, -0.2) is 42.5 Å². The zero-order valence-corrected chi connectivity index (χ0v) is 13.3. The van der Waals surface area contributed by atoms with E-state index in [1.165, 1.54) is 12.1 Å². The molecule has 1 aromatic carbocycles. The molecule has 0 bridgehead atoms. The van der Waals surface area contributed by atoms with Crippen molar-refractivity contribution in [3.63, 3.8) is 0 Å². The Morgan fingerprint density at radius 3 is 2.80 bits per heavy atom. The molecule has 1 saturated heterocycles. The molecular formula is C14H16BrClFNO2. The number of halogens is 3. The van der Waals surface area contributed by atoms with Crippen molar-refractivity contribution in [1.82, 2.24) is 4.90 Å². The number of benzene rings is 1. The molecule has 1 fully saturated rings. The molecule has 1 amide bonds. The summed E-state index contributed by atoms with van der Waals surface area (Å²) in [7, 11) is 0. The van der Waals surface area contributed by atoms with E-state index in [0.29, 0.717) is 30.0 Å². The van der Waals surface area contributed by atoms with Gasteiger partial charge < -0.3 is 9.64 Å². The van der Waals surface area contributed by atoms with Gasteiger partial charge in [0.2, 0.25) is 0 Å². The number of hydrogen-bond acceptors (Lipinski definition) is 2. The van der Waals surface area contributed by atoms with Crippen LogP contribution in [0.4, 0.5) is 4.39 Å². The summed E-state index contributed by atoms with van der Waals surface area (Å²) in [6, 6.07) is 4.40. The van der Waals surface area contributed by atoms with Crippen LogP contribution in [0.15, 0.2) is 22.7 Å². The van der Waals surface area contributed by atoms with Crippen LogP contribution in [0.3, 0.4) is 0 Å². The molecule has 0 radical (unpaired) electrons. The van der Waals surface area contributed by atoms with Gasteiger partial charge in [-0.05, 0) is 31.0 Å². The maximum absolute atomic E-state index is 13.7. The van der Waals surface area contributed by atoms with E-state index >= 15 is 0 Å². The van der Waals surface area contributed by atoms with Gasteiger partial charge in [-0.15, -0.1) is 11.6 Å². The number of amides is 1. The molecule has 0 unspecified atom stereocenters. The fourth-order valence-corrected chi connectivity index (χ4v) is 2.72. The minimum Gasteiger partial charge on any atom is -0.377 e. The molecule has 0 aliphatic carbocycles. The van der Waals surface area contributed by atoms with E-state index in [1.807, 2.05) is 0 Å². The average Bonchev–Trinajstić information content (AvgIpc) is 2.47. The third-order valence-corrected chi connectivity index (χ3v) is 3.97. The molecule has 0 N–H and O–H groups in total. The Morgan fingerprint density at radius 2 is 2.15 bits per heavy atom. The van der Waals surface area contributed by atoms with Crippen LogP contribution in [0.1, 0.15) is 23.2 Å². The quantitative estimate of drug-likeness (QED) is 0.766. The van der Waals surface area contributed by atoms with Crippen LogP contribution in [-0.2, 0) is 4.74 Å². The van der Waals surface area contributed by atoms with Crippen LogP contribution in [0.2, 0.25) is 0 Å². The van der Waals surface area contributed by atoms with Crippen molar-refractivity contribution in [3.05, 3.63) is 34.1 Å². The molecule has 1 aliphatic rings. The van der Waals surface area contributed by atoms with Crippen LogP contribution >= 0.6 is 27.5 Å². The first-order chi connectivity index (χ1) is 9.61. The highest BCUT2D eigenvalue weighted by molar-refractivity contribution is 9.10. The highest BCUT2D eigenvalue weighted by atomic mass is 79.9. The minimum absolute atomic E-state index is 0.111. The van der Waals surface area contributed by atoms with Gasteiger partial charge in [-0.25, -0.2) is 4.39 Å². The van der Waals surface area contributed by atoms with Crippen molar-refractivity contribution in [1.29, 1.82) is 0 Å². The maximum atomic E-state index is 13.7. The van der Waals surface area contributed by atoms with Gasteiger partial charge in [-0.2, -0.15) is 0 Å². The molecule has 2 rings (SSSR count). The number of nitrogens with zero attached hydrogens (tertiary/aromatic N) is 1. The SMILES string of the molecule is O=C(c1cc(Br)ccc1F)N1CCC(OCCCl)CC1. The van der Waals surface area contributed by atoms with Gasteiger partial charge in [0.15, 0.2) is 0 Å². The topological polar surface area (TPSA) is 29.5 Å². The smallest absolute Gasteiger partial charge is 0.256 e. The lowest BCUT2D eigenvalue weighted by Crippen LogP contribution is -2.41. The number of carbonyl (C=O) groups is 1. The molecule has 0 saturated carbocycles. The second-order valence-electron chi connectivity index (χ2n) is 4.68. The van der Waals surface area contributed by atoms with Crippen LogP contribution in [0.25, 0.3) is 0 Å². The summed E-state index contributed by atoms with van der Waals surface area (Å²) >= 11 is 8.83. The van der Waals surface area contributed by atoms with Crippen molar-refractivity contribution in [3.8, 4) is 0 Å². The zero-order valence-electron chi connectivity index (χ0n) is 10.9. The molecule has 1 aliphatic heterocycles. The third kappa shape index (κ3) is 3.93. The van der Waals surface area contributed by atoms with E-state index in [4.69, 9.17) is 16.3 Å². The number of carbonyl (C=O) groups excluding carboxylic acids is 1. The van der Waals surface area contributed by atoms with E-state index in [2.05, 4.69) is 15.9 Å². The second-order valence-corrected chi connectivity index (χ2v) is 5.97. The summed E-state index contributed by atoms with van der Waals surface area (Å²) in [4.78, 5) is 14.0. The normalized spacial score (nSPS) is 16.4. The molecular weight excluding hydrogens is 349 g/mol. The molecule has 20 heavy (non-hydrogen) atoms. The number of likely N-dealkylation sites (tertiary alicyclic amines) is 1. The lowest BCUT2D eigenvalue weighted by Gasteiger charge is -2.32. The number of alkyl halides is 1. The Morgan fingerprint density at radius 1 is 1.45 bits per heavy atom. The number of hydrogen-bond donors (Lipinski definition) is 0. The Hall–Kier alpha value is -0.650. The summed E-state index contributed by atoms with van der Waals surface area (Å²) < 4.78 is 20.0. The zero-order chi connectivity index (χ0) is 14.5. The molecule has 110 valence electrons. The first-order valence-corrected chi connectivity index (χ1v) is 7.86. The first-order valence-electron chi connectivity index (χ1n) is 6.53. The Labute approximate surface area is 131 Å². The van der Waals surface area contributed by atoms with E-state index in [0.717, 1.165) is 12.8 Å². The van der Waals surface area contributed by atoms with Gasteiger partial charge in [-0.1, -0.05) is 15.9 Å². The van der Waals surface area contributed by atoms with Crippen molar-refractivity contribution >= 4 is 33.4 Å². The van der Waals surface area contributed by atoms with Crippen molar-refractivity contribution in [2.45, 2.75) is 18.9 Å². The lowest BCUT2D eigenvalue weighted by molar-refractivity contribution is 0.0153. The number of rotatable bonds is 4. The summed E-state index contributed by atoms with van der Waals surface area (Å²) in [5.41, 5.74) is 0.111. The van der Waals surface area contributed by atoms with Crippen molar-refractivity contribution in [2.24, 2.45) is 0 Å². The molecule has 3 nitrogen and oxygen atoms in total. The number of ether oxygens (including phenoxy) is 1. The predicted molar refractivity (Wildman–Crippen MR) is 79.7 cm³/mol. The van der Waals surface area contributed by atoms with E-state index in [-0.39, 0.29) is 17.6 Å². The van der Waals surface area contributed by atoms with E-state index in [9.17, 15) is 9.18 Å². The molecule has 6 heteroatoms. The highest BCUT2D eigenvalue weighted by Gasteiger charge is 2.25. The maximum Gasteiger partial charge on any atom is 0.256 e. The van der Waals surface area contributed by atoms with Crippen LogP contribution < -0.4 is 0 Å². The van der Waals surface area contributed by atoms with Crippen LogP contribution in [0, 0.1) is 5.82 Å². The first kappa shape index (κ1) is 15.7. The lowest BCUT2D eigenvalue weighted by atomic mass is 10.1. The van der Waals surface area contributed by atoms with Gasteiger partial charge in [-0.3, -0.25) is 4.79 Å². The van der Waals surface area contributed by atoms with Crippen molar-refractivity contribution < 1.29 is 13.9 Å². The summed E-state index contributed by atoms with van der Waals surface area (Å²) in [6.45, 7) is 1.69. The highest BCUT2D eigenvalue weighted by Crippen LogP contribution is 2.20. The fraction of sp³-hybridized carbons (Fsp3) is 0.500. The third-order valence-electron chi connectivity index (χ3n) is 3.32. The minimum atomic E-state index is -0.487. The van der Waals surface area contributed by atoms with Gasteiger partial charge in [0.05, 0.1) is 18.3 Å². The summed E-state index contributed by atoms with van der Waals surface area (Å²) in [5.74, 6) is -0.277. The second kappa shape index (κ2) is 7.38.